The highest BCUT2D eigenvalue weighted by Crippen LogP contribution is 2.37. The van der Waals surface area contributed by atoms with Crippen molar-refractivity contribution in [3.05, 3.63) is 23.5 Å². The van der Waals surface area contributed by atoms with Gasteiger partial charge >= 0.3 is 0 Å². The molecular weight excluding hydrogens is 212 g/mol. The van der Waals surface area contributed by atoms with Crippen molar-refractivity contribution in [2.75, 3.05) is 5.43 Å². The maximum atomic E-state index is 6.10. The smallest absolute Gasteiger partial charge is 0.0850 e. The van der Waals surface area contributed by atoms with Crippen molar-refractivity contribution in [3.63, 3.8) is 0 Å². The maximum Gasteiger partial charge on any atom is 0.0850 e. The Morgan fingerprint density at radius 2 is 1.71 bits per heavy atom. The normalized spacial score (nSPS) is 26.1. The van der Waals surface area contributed by atoms with Crippen molar-refractivity contribution in [2.45, 2.75) is 65.2 Å². The minimum atomic E-state index is -0.132. The van der Waals surface area contributed by atoms with E-state index in [0.717, 1.165) is 6.42 Å². The van der Waals surface area contributed by atoms with Gasteiger partial charge in [-0.1, -0.05) is 0 Å². The molecule has 2 rings (SSSR count). The number of nitrogens with zero attached hydrogens (tertiary/aromatic N) is 1. The highest BCUT2D eigenvalue weighted by Gasteiger charge is 2.46. The van der Waals surface area contributed by atoms with Crippen LogP contribution in [0, 0.1) is 13.8 Å². The van der Waals surface area contributed by atoms with Gasteiger partial charge in [0.05, 0.1) is 17.2 Å². The molecule has 1 aliphatic rings. The molecule has 3 heteroatoms. The number of aryl methyl sites for hydroxylation is 2. The lowest BCUT2D eigenvalue weighted by atomic mass is 9.95. The summed E-state index contributed by atoms with van der Waals surface area (Å²) in [4.78, 5) is 0. The second kappa shape index (κ2) is 3.77. The number of nitrogens with one attached hydrogen (secondary N) is 1. The lowest BCUT2D eigenvalue weighted by molar-refractivity contribution is -0.0668. The Labute approximate surface area is 104 Å². The van der Waals surface area contributed by atoms with Crippen LogP contribution in [-0.2, 0) is 4.74 Å². The highest BCUT2D eigenvalue weighted by molar-refractivity contribution is 5.17. The minimum Gasteiger partial charge on any atom is -0.367 e. The zero-order valence-electron chi connectivity index (χ0n) is 11.8. The van der Waals surface area contributed by atoms with E-state index in [0.29, 0.717) is 6.04 Å². The summed E-state index contributed by atoms with van der Waals surface area (Å²) in [6.07, 6.45) is 1.02. The molecule has 1 saturated heterocycles. The van der Waals surface area contributed by atoms with Crippen LogP contribution in [0.15, 0.2) is 12.1 Å². The molecule has 17 heavy (non-hydrogen) atoms. The van der Waals surface area contributed by atoms with E-state index in [1.165, 1.54) is 11.4 Å². The topological polar surface area (TPSA) is 26.2 Å². The molecule has 1 atom stereocenters. The number of hydrogen-bond donors (Lipinski definition) is 1. The van der Waals surface area contributed by atoms with Gasteiger partial charge in [-0.05, 0) is 53.7 Å². The van der Waals surface area contributed by atoms with Crippen molar-refractivity contribution in [3.8, 4) is 0 Å². The molecule has 0 aromatic carbocycles. The monoisotopic (exact) mass is 236 g/mol. The van der Waals surface area contributed by atoms with E-state index in [1.807, 2.05) is 0 Å². The van der Waals surface area contributed by atoms with Crippen molar-refractivity contribution < 1.29 is 4.74 Å². The molecule has 1 N–H and O–H groups in total. The first-order valence-electron chi connectivity index (χ1n) is 6.33. The van der Waals surface area contributed by atoms with Gasteiger partial charge in [0.1, 0.15) is 0 Å². The molecule has 1 aromatic heterocycles. The van der Waals surface area contributed by atoms with Crippen LogP contribution in [0.1, 0.15) is 45.5 Å². The first kappa shape index (κ1) is 12.5. The van der Waals surface area contributed by atoms with E-state index in [1.54, 1.807) is 0 Å². The van der Waals surface area contributed by atoms with Crippen LogP contribution in [0.25, 0.3) is 0 Å². The lowest BCUT2D eigenvalue weighted by Gasteiger charge is -2.29. The molecule has 96 valence electrons. The van der Waals surface area contributed by atoms with E-state index in [-0.39, 0.29) is 11.2 Å². The third-order valence-electron chi connectivity index (χ3n) is 3.63. The van der Waals surface area contributed by atoms with Gasteiger partial charge in [-0.3, -0.25) is 4.68 Å². The summed E-state index contributed by atoms with van der Waals surface area (Å²) in [6, 6.07) is 4.61. The predicted molar refractivity (Wildman–Crippen MR) is 70.9 cm³/mol. The van der Waals surface area contributed by atoms with Crippen LogP contribution in [0.2, 0.25) is 0 Å². The van der Waals surface area contributed by atoms with Crippen LogP contribution in [-0.4, -0.2) is 21.9 Å². The van der Waals surface area contributed by atoms with Crippen LogP contribution >= 0.6 is 0 Å². The second-order valence-electron chi connectivity index (χ2n) is 6.30. The number of ether oxygens (including phenoxy) is 1. The summed E-state index contributed by atoms with van der Waals surface area (Å²) in [5, 5.41) is 0. The van der Waals surface area contributed by atoms with E-state index >= 15 is 0 Å². The molecule has 0 saturated carbocycles. The summed E-state index contributed by atoms with van der Waals surface area (Å²) < 4.78 is 8.27. The van der Waals surface area contributed by atoms with Gasteiger partial charge in [0.25, 0.3) is 0 Å². The Balaban J connectivity index is 2.20. The molecule has 1 aliphatic heterocycles. The third kappa shape index (κ3) is 2.34. The fraction of sp³-hybridized carbons (Fsp3) is 0.714. The van der Waals surface area contributed by atoms with E-state index < -0.39 is 0 Å². The van der Waals surface area contributed by atoms with E-state index in [2.05, 4.69) is 63.8 Å². The van der Waals surface area contributed by atoms with Crippen molar-refractivity contribution in [1.82, 2.24) is 4.68 Å². The Morgan fingerprint density at radius 1 is 1.18 bits per heavy atom. The minimum absolute atomic E-state index is 0.0455. The number of rotatable bonds is 2. The standard InChI is InChI=1S/C14H24N2O/c1-10-7-8-11(2)16(10)15-12-9-13(3,4)17-14(12,5)6/h7-8,12,15H,9H2,1-6H3. The molecule has 0 amide bonds. The SMILES string of the molecule is Cc1ccc(C)n1NC1CC(C)(C)OC1(C)C. The first-order chi connectivity index (χ1) is 7.71. The molecular formula is C14H24N2O. The predicted octanol–water partition coefficient (Wildman–Crippen LogP) is 2.99. The van der Waals surface area contributed by atoms with Crippen molar-refractivity contribution in [2.24, 2.45) is 0 Å². The van der Waals surface area contributed by atoms with Gasteiger partial charge in [-0.2, -0.15) is 0 Å². The quantitative estimate of drug-likeness (QED) is 0.854. The Bertz CT molecular complexity index is 398. The molecule has 1 fully saturated rings. The summed E-state index contributed by atoms with van der Waals surface area (Å²) in [5.41, 5.74) is 5.89. The van der Waals surface area contributed by atoms with Gasteiger partial charge in [-0.25, -0.2) is 0 Å². The van der Waals surface area contributed by atoms with Gasteiger partial charge in [-0.15, -0.1) is 0 Å². The number of aromatic nitrogens is 1. The zero-order chi connectivity index (χ0) is 12.8. The molecule has 0 aliphatic carbocycles. The molecule has 0 bridgehead atoms. The van der Waals surface area contributed by atoms with Crippen LogP contribution in [0.3, 0.4) is 0 Å². The largest absolute Gasteiger partial charge is 0.367 e. The average Bonchev–Trinajstić information content (AvgIpc) is 2.55. The second-order valence-corrected chi connectivity index (χ2v) is 6.30. The van der Waals surface area contributed by atoms with Gasteiger partial charge in [0, 0.05) is 17.8 Å². The maximum absolute atomic E-state index is 6.10. The zero-order valence-corrected chi connectivity index (χ0v) is 11.8. The van der Waals surface area contributed by atoms with Crippen molar-refractivity contribution in [1.29, 1.82) is 0 Å². The lowest BCUT2D eigenvalue weighted by Crippen LogP contribution is -2.42. The fourth-order valence-corrected chi connectivity index (χ4v) is 2.79. The molecule has 0 spiro atoms. The average molecular weight is 236 g/mol. The fourth-order valence-electron chi connectivity index (χ4n) is 2.79. The Hall–Kier alpha value is -0.960. The summed E-state index contributed by atoms with van der Waals surface area (Å²) in [5.74, 6) is 0. The molecule has 2 heterocycles. The van der Waals surface area contributed by atoms with Gasteiger partial charge < -0.3 is 10.2 Å². The van der Waals surface area contributed by atoms with Gasteiger partial charge in [0.2, 0.25) is 0 Å². The van der Waals surface area contributed by atoms with Crippen LogP contribution < -0.4 is 5.43 Å². The molecule has 1 aromatic rings. The summed E-state index contributed by atoms with van der Waals surface area (Å²) >= 11 is 0. The first-order valence-corrected chi connectivity index (χ1v) is 6.33. The van der Waals surface area contributed by atoms with E-state index in [4.69, 9.17) is 4.74 Å². The number of hydrogen-bond acceptors (Lipinski definition) is 2. The van der Waals surface area contributed by atoms with Crippen LogP contribution in [0.5, 0.6) is 0 Å². The third-order valence-corrected chi connectivity index (χ3v) is 3.63. The molecule has 0 radical (unpaired) electrons. The molecule has 3 nitrogen and oxygen atoms in total. The van der Waals surface area contributed by atoms with Crippen molar-refractivity contribution >= 4 is 0 Å². The highest BCUT2D eigenvalue weighted by atomic mass is 16.5. The summed E-state index contributed by atoms with van der Waals surface area (Å²) in [6.45, 7) is 12.9. The Kier molecular flexibility index (Phi) is 2.77. The molecule has 1 unspecified atom stereocenters. The van der Waals surface area contributed by atoms with E-state index in [9.17, 15) is 0 Å². The Morgan fingerprint density at radius 3 is 2.12 bits per heavy atom. The van der Waals surface area contributed by atoms with Crippen LogP contribution in [0.4, 0.5) is 0 Å². The summed E-state index contributed by atoms with van der Waals surface area (Å²) in [7, 11) is 0. The van der Waals surface area contributed by atoms with Gasteiger partial charge in [0.15, 0.2) is 0 Å².